The summed E-state index contributed by atoms with van der Waals surface area (Å²) < 4.78 is 0. The van der Waals surface area contributed by atoms with Crippen LogP contribution in [0.2, 0.25) is 10.0 Å². The molecule has 1 nitrogen and oxygen atoms in total. The van der Waals surface area contributed by atoms with Crippen LogP contribution in [0.4, 0.5) is 0 Å². The van der Waals surface area contributed by atoms with Crippen molar-refractivity contribution >= 4 is 23.2 Å². The third-order valence-corrected chi connectivity index (χ3v) is 4.59. The minimum Gasteiger partial charge on any atom is -0.387 e. The summed E-state index contributed by atoms with van der Waals surface area (Å²) in [6.45, 7) is 0. The van der Waals surface area contributed by atoms with E-state index in [0.29, 0.717) is 15.6 Å². The fraction of sp³-hybridized carbons (Fsp3) is 0.100. The first kappa shape index (κ1) is 16.1. The minimum atomic E-state index is -0.832. The van der Waals surface area contributed by atoms with Crippen LogP contribution in [0.25, 0.3) is 0 Å². The highest BCUT2D eigenvalue weighted by Crippen LogP contribution is 2.41. The van der Waals surface area contributed by atoms with Gasteiger partial charge in [0.1, 0.15) is 0 Å². The summed E-state index contributed by atoms with van der Waals surface area (Å²) in [4.78, 5) is 0. The molecule has 0 bridgehead atoms. The van der Waals surface area contributed by atoms with Crippen molar-refractivity contribution in [3.8, 4) is 0 Å². The van der Waals surface area contributed by atoms with Gasteiger partial charge in [0, 0.05) is 21.5 Å². The van der Waals surface area contributed by atoms with Gasteiger partial charge in [-0.3, -0.25) is 0 Å². The molecule has 1 atom stereocenters. The molecule has 0 aliphatic rings. The Morgan fingerprint density at radius 3 is 1.48 bits per heavy atom. The Morgan fingerprint density at radius 1 is 0.609 bits per heavy atom. The third-order valence-electron chi connectivity index (χ3n) is 3.93. The van der Waals surface area contributed by atoms with Gasteiger partial charge in [-0.25, -0.2) is 0 Å². The molecule has 23 heavy (non-hydrogen) atoms. The lowest BCUT2D eigenvalue weighted by molar-refractivity contribution is 0.159. The summed E-state index contributed by atoms with van der Waals surface area (Å²) >= 11 is 12.6. The topological polar surface area (TPSA) is 20.2 Å². The molecule has 0 aromatic heterocycles. The predicted octanol–water partition coefficient (Wildman–Crippen LogP) is 5.86. The van der Waals surface area contributed by atoms with Crippen LogP contribution in [0, 0.1) is 0 Å². The Bertz CT molecular complexity index is 712. The van der Waals surface area contributed by atoms with Crippen molar-refractivity contribution in [2.24, 2.45) is 0 Å². The first-order valence-electron chi connectivity index (χ1n) is 7.40. The number of rotatable bonds is 4. The Kier molecular flexibility index (Phi) is 5.02. The van der Waals surface area contributed by atoms with E-state index in [0.717, 1.165) is 11.1 Å². The van der Waals surface area contributed by atoms with Gasteiger partial charge in [-0.2, -0.15) is 0 Å². The molecule has 0 saturated carbocycles. The summed E-state index contributed by atoms with van der Waals surface area (Å²) in [7, 11) is 0. The largest absolute Gasteiger partial charge is 0.387 e. The summed E-state index contributed by atoms with van der Waals surface area (Å²) in [5.74, 6) is -0.241. The van der Waals surface area contributed by atoms with Crippen molar-refractivity contribution in [3.63, 3.8) is 0 Å². The van der Waals surface area contributed by atoms with Gasteiger partial charge in [0.15, 0.2) is 0 Å². The van der Waals surface area contributed by atoms with Gasteiger partial charge in [0.2, 0.25) is 0 Å². The van der Waals surface area contributed by atoms with Gasteiger partial charge in [0.05, 0.1) is 6.10 Å². The minimum absolute atomic E-state index is 0.241. The van der Waals surface area contributed by atoms with Crippen LogP contribution in [0.15, 0.2) is 78.9 Å². The lowest BCUT2D eigenvalue weighted by atomic mass is 9.83. The Labute approximate surface area is 146 Å². The number of aliphatic hydroxyl groups is 1. The van der Waals surface area contributed by atoms with Crippen molar-refractivity contribution in [3.05, 3.63) is 106 Å². The van der Waals surface area contributed by atoms with Gasteiger partial charge in [-0.05, 0) is 23.3 Å². The maximum atomic E-state index is 11.1. The molecule has 0 fully saturated rings. The second-order valence-corrected chi connectivity index (χ2v) is 6.19. The zero-order valence-electron chi connectivity index (χ0n) is 12.4. The highest BCUT2D eigenvalue weighted by Gasteiger charge is 2.27. The van der Waals surface area contributed by atoms with E-state index in [-0.39, 0.29) is 5.92 Å². The SMILES string of the molecule is OC(c1c(Cl)cccc1Cl)C(c1ccccc1)c1ccccc1. The molecule has 3 aromatic rings. The second kappa shape index (κ2) is 7.18. The monoisotopic (exact) mass is 342 g/mol. The molecule has 116 valence electrons. The van der Waals surface area contributed by atoms with Crippen LogP contribution in [-0.2, 0) is 0 Å². The summed E-state index contributed by atoms with van der Waals surface area (Å²) in [6.07, 6.45) is -0.832. The fourth-order valence-corrected chi connectivity index (χ4v) is 3.46. The van der Waals surface area contributed by atoms with Gasteiger partial charge < -0.3 is 5.11 Å². The molecule has 3 heteroatoms. The first-order valence-corrected chi connectivity index (χ1v) is 8.16. The van der Waals surface area contributed by atoms with Gasteiger partial charge in [-0.1, -0.05) is 89.9 Å². The van der Waals surface area contributed by atoms with E-state index in [1.807, 2.05) is 60.7 Å². The van der Waals surface area contributed by atoms with Gasteiger partial charge in [0.25, 0.3) is 0 Å². The van der Waals surface area contributed by atoms with Crippen molar-refractivity contribution in [1.82, 2.24) is 0 Å². The molecule has 0 aliphatic carbocycles. The molecular weight excluding hydrogens is 327 g/mol. The number of aliphatic hydroxyl groups excluding tert-OH is 1. The highest BCUT2D eigenvalue weighted by molar-refractivity contribution is 6.36. The summed E-state index contributed by atoms with van der Waals surface area (Å²) in [5, 5.41) is 12.0. The number of hydrogen-bond acceptors (Lipinski definition) is 1. The summed E-state index contributed by atoms with van der Waals surface area (Å²) in [5.41, 5.74) is 2.60. The van der Waals surface area contributed by atoms with Crippen molar-refractivity contribution < 1.29 is 5.11 Å². The molecule has 3 rings (SSSR count). The van der Waals surface area contributed by atoms with Crippen LogP contribution in [0.5, 0.6) is 0 Å². The Morgan fingerprint density at radius 2 is 1.04 bits per heavy atom. The van der Waals surface area contributed by atoms with Gasteiger partial charge >= 0.3 is 0 Å². The molecule has 0 heterocycles. The molecule has 0 saturated heterocycles. The lowest BCUT2D eigenvalue weighted by Crippen LogP contribution is -2.13. The average Bonchev–Trinajstić information content (AvgIpc) is 2.57. The van der Waals surface area contributed by atoms with E-state index >= 15 is 0 Å². The Balaban J connectivity index is 2.12. The molecule has 1 unspecified atom stereocenters. The second-order valence-electron chi connectivity index (χ2n) is 5.38. The van der Waals surface area contributed by atoms with Crippen LogP contribution < -0.4 is 0 Å². The number of halogens is 2. The zero-order chi connectivity index (χ0) is 16.2. The van der Waals surface area contributed by atoms with E-state index in [4.69, 9.17) is 23.2 Å². The van der Waals surface area contributed by atoms with E-state index in [2.05, 4.69) is 0 Å². The first-order chi connectivity index (χ1) is 11.2. The number of benzene rings is 3. The standard InChI is InChI=1S/C20H16Cl2O/c21-16-12-7-13-17(22)19(16)20(23)18(14-8-3-1-4-9-14)15-10-5-2-6-11-15/h1-13,18,20,23H. The smallest absolute Gasteiger partial charge is 0.0927 e. The molecular formula is C20H16Cl2O. The fourth-order valence-electron chi connectivity index (χ4n) is 2.84. The average molecular weight is 343 g/mol. The maximum absolute atomic E-state index is 11.1. The van der Waals surface area contributed by atoms with Crippen molar-refractivity contribution in [2.75, 3.05) is 0 Å². The summed E-state index contributed by atoms with van der Waals surface area (Å²) in [6, 6.07) is 25.1. The van der Waals surface area contributed by atoms with E-state index in [1.165, 1.54) is 0 Å². The molecule has 0 amide bonds. The van der Waals surface area contributed by atoms with Crippen molar-refractivity contribution in [1.29, 1.82) is 0 Å². The molecule has 0 radical (unpaired) electrons. The van der Waals surface area contributed by atoms with Gasteiger partial charge in [-0.15, -0.1) is 0 Å². The van der Waals surface area contributed by atoms with E-state index in [1.54, 1.807) is 18.2 Å². The maximum Gasteiger partial charge on any atom is 0.0927 e. The zero-order valence-corrected chi connectivity index (χ0v) is 13.9. The Hall–Kier alpha value is -1.80. The lowest BCUT2D eigenvalue weighted by Gasteiger charge is -2.26. The molecule has 0 spiro atoms. The normalized spacial score (nSPS) is 12.3. The number of hydrogen-bond donors (Lipinski definition) is 1. The van der Waals surface area contributed by atoms with Crippen LogP contribution in [-0.4, -0.2) is 5.11 Å². The van der Waals surface area contributed by atoms with Crippen LogP contribution in [0.3, 0.4) is 0 Å². The van der Waals surface area contributed by atoms with E-state index in [9.17, 15) is 5.11 Å². The predicted molar refractivity (Wildman–Crippen MR) is 96.1 cm³/mol. The van der Waals surface area contributed by atoms with Crippen LogP contribution in [0.1, 0.15) is 28.7 Å². The van der Waals surface area contributed by atoms with E-state index < -0.39 is 6.10 Å². The molecule has 0 aliphatic heterocycles. The van der Waals surface area contributed by atoms with Crippen LogP contribution >= 0.6 is 23.2 Å². The highest BCUT2D eigenvalue weighted by atomic mass is 35.5. The van der Waals surface area contributed by atoms with Crippen molar-refractivity contribution in [2.45, 2.75) is 12.0 Å². The molecule has 3 aromatic carbocycles. The third kappa shape index (κ3) is 3.42. The molecule has 1 N–H and O–H groups in total. The quantitative estimate of drug-likeness (QED) is 0.629.